The van der Waals surface area contributed by atoms with Gasteiger partial charge in [-0.05, 0) is 30.5 Å². The van der Waals surface area contributed by atoms with Crippen molar-refractivity contribution in [3.8, 4) is 0 Å². The van der Waals surface area contributed by atoms with Crippen molar-refractivity contribution in [1.29, 1.82) is 0 Å². The molecule has 3 rings (SSSR count). The van der Waals surface area contributed by atoms with Crippen molar-refractivity contribution in [1.82, 2.24) is 14.7 Å². The summed E-state index contributed by atoms with van der Waals surface area (Å²) in [5.41, 5.74) is 2.89. The molecular weight excluding hydrogens is 270 g/mol. The largest absolute Gasteiger partial charge is 0.350 e. The maximum Gasteiger partial charge on any atom is 0.225 e. The highest BCUT2D eigenvalue weighted by Gasteiger charge is 2.10. The minimum Gasteiger partial charge on any atom is -0.350 e. The third kappa shape index (κ3) is 2.58. The van der Waals surface area contributed by atoms with Gasteiger partial charge in [-0.15, -0.1) is 11.3 Å². The van der Waals surface area contributed by atoms with E-state index < -0.39 is 0 Å². The van der Waals surface area contributed by atoms with Gasteiger partial charge in [-0.1, -0.05) is 12.1 Å². The highest BCUT2D eigenvalue weighted by molar-refractivity contribution is 7.10. The Labute approximate surface area is 121 Å². The maximum atomic E-state index is 11.9. The van der Waals surface area contributed by atoms with Crippen LogP contribution in [0.3, 0.4) is 0 Å². The minimum atomic E-state index is 0.0396. The molecule has 0 saturated carbocycles. The zero-order chi connectivity index (χ0) is 13.9. The van der Waals surface area contributed by atoms with Crippen LogP contribution in [0.1, 0.15) is 16.3 Å². The van der Waals surface area contributed by atoms with Crippen molar-refractivity contribution in [2.75, 3.05) is 0 Å². The van der Waals surface area contributed by atoms with Crippen LogP contribution in [0, 0.1) is 6.92 Å². The number of hydrogen-bond acceptors (Lipinski definition) is 3. The summed E-state index contributed by atoms with van der Waals surface area (Å²) < 4.78 is 2.01. The maximum absolute atomic E-state index is 11.9. The van der Waals surface area contributed by atoms with Gasteiger partial charge in [-0.25, -0.2) is 4.98 Å². The molecule has 3 heterocycles. The summed E-state index contributed by atoms with van der Waals surface area (Å²) in [6.07, 6.45) is 2.41. The van der Waals surface area contributed by atoms with Crippen LogP contribution in [0.15, 0.2) is 41.9 Å². The molecule has 0 atom stereocenters. The molecule has 0 unspecified atom stereocenters. The van der Waals surface area contributed by atoms with Crippen LogP contribution < -0.4 is 5.32 Å². The Morgan fingerprint density at radius 1 is 1.35 bits per heavy atom. The van der Waals surface area contributed by atoms with Crippen molar-refractivity contribution >= 4 is 22.9 Å². The normalized spacial score (nSPS) is 10.8. The lowest BCUT2D eigenvalue weighted by Crippen LogP contribution is -2.25. The zero-order valence-corrected chi connectivity index (χ0v) is 12.0. The zero-order valence-electron chi connectivity index (χ0n) is 11.2. The second-order valence-corrected chi connectivity index (χ2v) is 5.64. The second kappa shape index (κ2) is 5.46. The number of nitrogens with one attached hydrogen (secondary N) is 1. The van der Waals surface area contributed by atoms with E-state index in [9.17, 15) is 4.79 Å². The lowest BCUT2D eigenvalue weighted by Gasteiger charge is -2.05. The van der Waals surface area contributed by atoms with Crippen LogP contribution in [0.5, 0.6) is 0 Å². The Morgan fingerprint density at radius 3 is 3.05 bits per heavy atom. The van der Waals surface area contributed by atoms with Gasteiger partial charge in [0.15, 0.2) is 0 Å². The van der Waals surface area contributed by atoms with Crippen molar-refractivity contribution in [3.05, 3.63) is 58.2 Å². The predicted molar refractivity (Wildman–Crippen MR) is 79.8 cm³/mol. The highest BCUT2D eigenvalue weighted by Crippen LogP contribution is 2.12. The molecule has 0 aliphatic rings. The van der Waals surface area contributed by atoms with Crippen LogP contribution >= 0.6 is 11.3 Å². The first-order valence-electron chi connectivity index (χ1n) is 6.45. The average Bonchev–Trinajstić information content (AvgIpc) is 3.03. The average molecular weight is 285 g/mol. The Kier molecular flexibility index (Phi) is 3.52. The standard InChI is InChI=1S/C15H15N3OS/c1-11-13(18-7-3-2-6-14(18)17-11)10-16-15(19)9-12-5-4-8-20-12/h2-8H,9-10H2,1H3,(H,16,19). The van der Waals surface area contributed by atoms with Gasteiger partial charge in [0.05, 0.1) is 24.4 Å². The van der Waals surface area contributed by atoms with Gasteiger partial charge >= 0.3 is 0 Å². The number of thiophene rings is 1. The van der Waals surface area contributed by atoms with Crippen LogP contribution in [0.4, 0.5) is 0 Å². The van der Waals surface area contributed by atoms with Crippen LogP contribution in [-0.4, -0.2) is 15.3 Å². The molecule has 0 aliphatic heterocycles. The topological polar surface area (TPSA) is 46.4 Å². The van der Waals surface area contributed by atoms with Gasteiger partial charge in [-0.3, -0.25) is 4.79 Å². The molecular formula is C15H15N3OS. The quantitative estimate of drug-likeness (QED) is 0.801. The number of carbonyl (C=O) groups excluding carboxylic acids is 1. The number of rotatable bonds is 4. The van der Waals surface area contributed by atoms with Gasteiger partial charge in [0.1, 0.15) is 5.65 Å². The summed E-state index contributed by atoms with van der Waals surface area (Å²) in [4.78, 5) is 17.5. The van der Waals surface area contributed by atoms with E-state index in [0.717, 1.165) is 21.9 Å². The van der Waals surface area contributed by atoms with Crippen LogP contribution in [0.2, 0.25) is 0 Å². The first kappa shape index (κ1) is 12.9. The smallest absolute Gasteiger partial charge is 0.225 e. The monoisotopic (exact) mass is 285 g/mol. The van der Waals surface area contributed by atoms with Gasteiger partial charge in [0, 0.05) is 11.1 Å². The molecule has 0 saturated heterocycles. The number of aryl methyl sites for hydroxylation is 1. The highest BCUT2D eigenvalue weighted by atomic mass is 32.1. The summed E-state index contributed by atoms with van der Waals surface area (Å²) in [7, 11) is 0. The number of nitrogens with zero attached hydrogens (tertiary/aromatic N) is 2. The molecule has 0 aliphatic carbocycles. The molecule has 0 aromatic carbocycles. The molecule has 102 valence electrons. The van der Waals surface area contributed by atoms with Gasteiger partial charge in [0.25, 0.3) is 0 Å². The first-order chi connectivity index (χ1) is 9.74. The molecule has 0 spiro atoms. The van der Waals surface area contributed by atoms with E-state index in [1.807, 2.05) is 53.2 Å². The summed E-state index contributed by atoms with van der Waals surface area (Å²) in [6.45, 7) is 2.47. The fourth-order valence-corrected chi connectivity index (χ4v) is 2.90. The SMILES string of the molecule is Cc1nc2ccccn2c1CNC(=O)Cc1cccs1. The first-order valence-corrected chi connectivity index (χ1v) is 7.33. The lowest BCUT2D eigenvalue weighted by molar-refractivity contribution is -0.120. The number of aromatic nitrogens is 2. The van der Waals surface area contributed by atoms with Crippen LogP contribution in [0.25, 0.3) is 5.65 Å². The second-order valence-electron chi connectivity index (χ2n) is 4.61. The van der Waals surface area contributed by atoms with E-state index in [-0.39, 0.29) is 5.91 Å². The number of amides is 1. The summed E-state index contributed by atoms with van der Waals surface area (Å²) >= 11 is 1.60. The Bertz CT molecular complexity index is 731. The summed E-state index contributed by atoms with van der Waals surface area (Å²) in [5, 5.41) is 4.95. The van der Waals surface area contributed by atoms with E-state index in [0.29, 0.717) is 13.0 Å². The molecule has 0 bridgehead atoms. The third-order valence-electron chi connectivity index (χ3n) is 3.20. The fraction of sp³-hybridized carbons (Fsp3) is 0.200. The molecule has 5 heteroatoms. The van der Waals surface area contributed by atoms with Crippen molar-refractivity contribution in [2.24, 2.45) is 0 Å². The third-order valence-corrected chi connectivity index (χ3v) is 4.07. The summed E-state index contributed by atoms with van der Waals surface area (Å²) in [6, 6.07) is 9.82. The predicted octanol–water partition coefficient (Wildman–Crippen LogP) is 2.56. The molecule has 4 nitrogen and oxygen atoms in total. The molecule has 1 N–H and O–H groups in total. The summed E-state index contributed by atoms with van der Waals surface area (Å²) in [5.74, 6) is 0.0396. The van der Waals surface area contributed by atoms with Gasteiger partial charge in [0.2, 0.25) is 5.91 Å². The van der Waals surface area contributed by atoms with E-state index in [1.54, 1.807) is 11.3 Å². The number of imidazole rings is 1. The van der Waals surface area contributed by atoms with E-state index in [2.05, 4.69) is 10.3 Å². The minimum absolute atomic E-state index is 0.0396. The molecule has 3 aromatic heterocycles. The molecule has 3 aromatic rings. The van der Waals surface area contributed by atoms with Crippen molar-refractivity contribution in [3.63, 3.8) is 0 Å². The van der Waals surface area contributed by atoms with Gasteiger partial charge in [-0.2, -0.15) is 0 Å². The molecule has 1 amide bonds. The Balaban J connectivity index is 1.70. The molecule has 20 heavy (non-hydrogen) atoms. The molecule has 0 radical (unpaired) electrons. The number of hydrogen-bond donors (Lipinski definition) is 1. The van der Waals surface area contributed by atoms with Gasteiger partial charge < -0.3 is 9.72 Å². The van der Waals surface area contributed by atoms with E-state index in [4.69, 9.17) is 0 Å². The number of pyridine rings is 1. The Hall–Kier alpha value is -2.14. The lowest BCUT2D eigenvalue weighted by atomic mass is 10.3. The molecule has 0 fully saturated rings. The van der Waals surface area contributed by atoms with Crippen LogP contribution in [-0.2, 0) is 17.8 Å². The van der Waals surface area contributed by atoms with E-state index in [1.165, 1.54) is 0 Å². The van der Waals surface area contributed by atoms with E-state index >= 15 is 0 Å². The number of fused-ring (bicyclic) bond motifs is 1. The van der Waals surface area contributed by atoms with Crippen molar-refractivity contribution < 1.29 is 4.79 Å². The fourth-order valence-electron chi connectivity index (χ4n) is 2.19. The number of carbonyl (C=O) groups is 1. The van der Waals surface area contributed by atoms with Crippen molar-refractivity contribution in [2.45, 2.75) is 19.9 Å². The Morgan fingerprint density at radius 2 is 2.25 bits per heavy atom.